The summed E-state index contributed by atoms with van der Waals surface area (Å²) < 4.78 is 0. The minimum atomic E-state index is -0.0683. The van der Waals surface area contributed by atoms with Gasteiger partial charge in [0.2, 0.25) is 0 Å². The Labute approximate surface area is 126 Å². The number of amides is 1. The normalized spacial score (nSPS) is 10.4. The van der Waals surface area contributed by atoms with Gasteiger partial charge in [0.15, 0.2) is 0 Å². The van der Waals surface area contributed by atoms with Crippen LogP contribution in [0.4, 0.5) is 5.69 Å². The molecule has 0 heterocycles. The lowest BCUT2D eigenvalue weighted by atomic mass is 10.1. The molecular weight excluding hydrogens is 260 g/mol. The Bertz CT molecular complexity index is 597. The van der Waals surface area contributed by atoms with Gasteiger partial charge in [-0.3, -0.25) is 4.79 Å². The van der Waals surface area contributed by atoms with Gasteiger partial charge >= 0.3 is 0 Å². The third-order valence-electron chi connectivity index (χ3n) is 3.27. The van der Waals surface area contributed by atoms with Crippen LogP contribution in [0.1, 0.15) is 34.0 Å². The number of carbonyl (C=O) groups excluding carboxylic acids is 1. The van der Waals surface area contributed by atoms with Gasteiger partial charge in [-0.15, -0.1) is 0 Å². The average molecular weight is 282 g/mol. The van der Waals surface area contributed by atoms with Gasteiger partial charge < -0.3 is 10.6 Å². The fourth-order valence-corrected chi connectivity index (χ4v) is 2.28. The molecule has 0 radical (unpaired) electrons. The monoisotopic (exact) mass is 282 g/mol. The summed E-state index contributed by atoms with van der Waals surface area (Å²) in [4.78, 5) is 12.3. The van der Waals surface area contributed by atoms with E-state index >= 15 is 0 Å². The number of hydrogen-bond donors (Lipinski definition) is 2. The van der Waals surface area contributed by atoms with Gasteiger partial charge in [-0.25, -0.2) is 0 Å². The SMILES string of the molecule is CCNCc1ccc(NC(=O)c2cc(C)cc(C)c2)cc1. The van der Waals surface area contributed by atoms with Crippen LogP contribution in [0.2, 0.25) is 0 Å². The first-order chi connectivity index (χ1) is 10.1. The number of rotatable bonds is 5. The molecule has 110 valence electrons. The largest absolute Gasteiger partial charge is 0.322 e. The first-order valence-corrected chi connectivity index (χ1v) is 7.28. The van der Waals surface area contributed by atoms with Crippen LogP contribution in [-0.2, 0) is 6.54 Å². The smallest absolute Gasteiger partial charge is 0.255 e. The lowest BCUT2D eigenvalue weighted by molar-refractivity contribution is 0.102. The Kier molecular flexibility index (Phi) is 5.12. The number of aryl methyl sites for hydroxylation is 2. The van der Waals surface area contributed by atoms with Crippen molar-refractivity contribution in [3.8, 4) is 0 Å². The second-order valence-electron chi connectivity index (χ2n) is 5.31. The summed E-state index contributed by atoms with van der Waals surface area (Å²) in [6.45, 7) is 7.88. The highest BCUT2D eigenvalue weighted by molar-refractivity contribution is 6.04. The molecule has 3 nitrogen and oxygen atoms in total. The van der Waals surface area contributed by atoms with Crippen molar-refractivity contribution in [2.75, 3.05) is 11.9 Å². The van der Waals surface area contributed by atoms with E-state index in [2.05, 4.69) is 23.6 Å². The van der Waals surface area contributed by atoms with Crippen molar-refractivity contribution < 1.29 is 4.79 Å². The van der Waals surface area contributed by atoms with Crippen LogP contribution in [0.5, 0.6) is 0 Å². The number of hydrogen-bond acceptors (Lipinski definition) is 2. The van der Waals surface area contributed by atoms with Crippen LogP contribution in [0.3, 0.4) is 0 Å². The predicted octanol–water partition coefficient (Wildman–Crippen LogP) is 3.67. The Hall–Kier alpha value is -2.13. The van der Waals surface area contributed by atoms with Crippen molar-refractivity contribution in [3.63, 3.8) is 0 Å². The van der Waals surface area contributed by atoms with Gasteiger partial charge in [0.05, 0.1) is 0 Å². The van der Waals surface area contributed by atoms with Crippen molar-refractivity contribution in [3.05, 3.63) is 64.7 Å². The molecule has 2 aromatic rings. The first kappa shape index (κ1) is 15.3. The molecule has 0 bridgehead atoms. The molecule has 0 atom stereocenters. The van der Waals surface area contributed by atoms with E-state index in [0.717, 1.165) is 29.9 Å². The molecule has 0 aliphatic rings. The minimum Gasteiger partial charge on any atom is -0.322 e. The number of carbonyl (C=O) groups is 1. The van der Waals surface area contributed by atoms with E-state index in [4.69, 9.17) is 0 Å². The van der Waals surface area contributed by atoms with Gasteiger partial charge in [-0.1, -0.05) is 36.2 Å². The van der Waals surface area contributed by atoms with Crippen molar-refractivity contribution in [2.24, 2.45) is 0 Å². The Balaban J connectivity index is 2.05. The number of nitrogens with one attached hydrogen (secondary N) is 2. The van der Waals surface area contributed by atoms with Gasteiger partial charge in [0.25, 0.3) is 5.91 Å². The van der Waals surface area contributed by atoms with E-state index in [1.165, 1.54) is 5.56 Å². The van der Waals surface area contributed by atoms with E-state index in [0.29, 0.717) is 5.56 Å². The summed E-state index contributed by atoms with van der Waals surface area (Å²) in [6, 6.07) is 13.8. The lowest BCUT2D eigenvalue weighted by Crippen LogP contribution is -2.13. The topological polar surface area (TPSA) is 41.1 Å². The van der Waals surface area contributed by atoms with E-state index in [1.807, 2.05) is 50.2 Å². The van der Waals surface area contributed by atoms with Gasteiger partial charge in [-0.05, 0) is 50.2 Å². The molecule has 0 fully saturated rings. The summed E-state index contributed by atoms with van der Waals surface area (Å²) in [5, 5.41) is 6.21. The molecule has 2 aromatic carbocycles. The zero-order chi connectivity index (χ0) is 15.2. The Morgan fingerprint density at radius 1 is 1.00 bits per heavy atom. The molecule has 1 amide bonds. The highest BCUT2D eigenvalue weighted by Gasteiger charge is 2.07. The fraction of sp³-hybridized carbons (Fsp3) is 0.278. The van der Waals surface area contributed by atoms with Gasteiger partial charge in [0, 0.05) is 17.8 Å². The van der Waals surface area contributed by atoms with E-state index in [1.54, 1.807) is 0 Å². The maximum absolute atomic E-state index is 12.3. The molecule has 2 N–H and O–H groups in total. The number of anilines is 1. The second-order valence-corrected chi connectivity index (χ2v) is 5.31. The second kappa shape index (κ2) is 7.04. The minimum absolute atomic E-state index is 0.0683. The van der Waals surface area contributed by atoms with E-state index < -0.39 is 0 Å². The first-order valence-electron chi connectivity index (χ1n) is 7.28. The Morgan fingerprint density at radius 2 is 1.62 bits per heavy atom. The van der Waals surface area contributed by atoms with Crippen LogP contribution in [0, 0.1) is 13.8 Å². The molecule has 0 aliphatic heterocycles. The maximum atomic E-state index is 12.3. The molecular formula is C18H22N2O. The third kappa shape index (κ3) is 4.43. The molecule has 0 aliphatic carbocycles. The summed E-state index contributed by atoms with van der Waals surface area (Å²) in [5.41, 5.74) is 4.92. The van der Waals surface area contributed by atoms with Crippen molar-refractivity contribution >= 4 is 11.6 Å². The Morgan fingerprint density at radius 3 is 2.19 bits per heavy atom. The lowest BCUT2D eigenvalue weighted by Gasteiger charge is -2.08. The predicted molar refractivity (Wildman–Crippen MR) is 87.7 cm³/mol. The summed E-state index contributed by atoms with van der Waals surface area (Å²) >= 11 is 0. The summed E-state index contributed by atoms with van der Waals surface area (Å²) in [6.07, 6.45) is 0. The zero-order valence-electron chi connectivity index (χ0n) is 12.9. The van der Waals surface area contributed by atoms with Crippen LogP contribution in [0.25, 0.3) is 0 Å². The number of benzene rings is 2. The molecule has 21 heavy (non-hydrogen) atoms. The van der Waals surface area contributed by atoms with Crippen molar-refractivity contribution in [2.45, 2.75) is 27.3 Å². The fourth-order valence-electron chi connectivity index (χ4n) is 2.28. The summed E-state index contributed by atoms with van der Waals surface area (Å²) in [7, 11) is 0. The van der Waals surface area contributed by atoms with Crippen LogP contribution in [-0.4, -0.2) is 12.5 Å². The molecule has 0 saturated carbocycles. The zero-order valence-corrected chi connectivity index (χ0v) is 12.9. The molecule has 0 aromatic heterocycles. The van der Waals surface area contributed by atoms with Gasteiger partial charge in [-0.2, -0.15) is 0 Å². The maximum Gasteiger partial charge on any atom is 0.255 e. The molecule has 0 spiro atoms. The average Bonchev–Trinajstić information content (AvgIpc) is 2.45. The van der Waals surface area contributed by atoms with Crippen LogP contribution >= 0.6 is 0 Å². The standard InChI is InChI=1S/C18H22N2O/c1-4-19-12-15-5-7-17(8-6-15)20-18(21)16-10-13(2)9-14(3)11-16/h5-11,19H,4,12H2,1-3H3,(H,20,21). The van der Waals surface area contributed by atoms with Crippen LogP contribution < -0.4 is 10.6 Å². The molecule has 0 unspecified atom stereocenters. The third-order valence-corrected chi connectivity index (χ3v) is 3.27. The van der Waals surface area contributed by atoms with E-state index in [-0.39, 0.29) is 5.91 Å². The molecule has 3 heteroatoms. The summed E-state index contributed by atoms with van der Waals surface area (Å²) in [5.74, 6) is -0.0683. The van der Waals surface area contributed by atoms with E-state index in [9.17, 15) is 4.79 Å². The quantitative estimate of drug-likeness (QED) is 0.878. The highest BCUT2D eigenvalue weighted by atomic mass is 16.1. The molecule has 0 saturated heterocycles. The van der Waals surface area contributed by atoms with Gasteiger partial charge in [0.1, 0.15) is 0 Å². The van der Waals surface area contributed by atoms with Crippen LogP contribution in [0.15, 0.2) is 42.5 Å². The van der Waals surface area contributed by atoms with Crippen molar-refractivity contribution in [1.82, 2.24) is 5.32 Å². The van der Waals surface area contributed by atoms with Crippen molar-refractivity contribution in [1.29, 1.82) is 0 Å². The highest BCUT2D eigenvalue weighted by Crippen LogP contribution is 2.13. The molecule has 2 rings (SSSR count).